The van der Waals surface area contributed by atoms with E-state index < -0.39 is 11.9 Å². The predicted octanol–water partition coefficient (Wildman–Crippen LogP) is 4.85. The van der Waals surface area contributed by atoms with Crippen LogP contribution in [0.1, 0.15) is 42.1 Å². The molecule has 34 heavy (non-hydrogen) atoms. The summed E-state index contributed by atoms with van der Waals surface area (Å²) in [4.78, 5) is 17.8. The van der Waals surface area contributed by atoms with Crippen LogP contribution in [0, 0.1) is 33.2 Å². The molecule has 1 aromatic carbocycles. The largest absolute Gasteiger partial charge is 0.463 e. The first-order chi connectivity index (χ1) is 16.4. The standard InChI is InChI=1S/C25H23IN4O3S/c1-4-19-14(3)10-15(11-27)24(30-19)34-13-20-22(25(31)32-5-2)21(17(12-28)23(29)33-20)16-8-6-7-9-18(16)26/h6-10,21H,4-5,13,29H2,1-3H3. The monoisotopic (exact) mass is 586 g/mol. The Kier molecular flexibility index (Phi) is 8.59. The Balaban J connectivity index is 2.12. The van der Waals surface area contributed by atoms with Crippen LogP contribution in [0.25, 0.3) is 0 Å². The predicted molar refractivity (Wildman–Crippen MR) is 137 cm³/mol. The number of allylic oxidation sites excluding steroid dienone is 1. The molecule has 2 heterocycles. The lowest BCUT2D eigenvalue weighted by Gasteiger charge is -2.28. The minimum Gasteiger partial charge on any atom is -0.463 e. The van der Waals surface area contributed by atoms with Crippen molar-refractivity contribution in [2.75, 3.05) is 12.4 Å². The third kappa shape index (κ3) is 5.21. The number of nitrogens with two attached hydrogens (primary N) is 1. The molecule has 0 radical (unpaired) electrons. The van der Waals surface area contributed by atoms with E-state index in [0.717, 1.165) is 26.8 Å². The van der Waals surface area contributed by atoms with Crippen molar-refractivity contribution >= 4 is 40.3 Å². The fourth-order valence-electron chi connectivity index (χ4n) is 3.69. The van der Waals surface area contributed by atoms with Gasteiger partial charge in [-0.05, 0) is 66.1 Å². The average molecular weight is 586 g/mol. The summed E-state index contributed by atoms with van der Waals surface area (Å²) in [5.41, 5.74) is 9.59. The van der Waals surface area contributed by atoms with Crippen molar-refractivity contribution in [3.05, 3.63) is 79.1 Å². The number of carbonyl (C=O) groups is 1. The number of halogens is 1. The van der Waals surface area contributed by atoms with Crippen molar-refractivity contribution in [2.24, 2.45) is 5.73 Å². The SMILES string of the molecule is CCOC(=O)C1=C(CSc2nc(CC)c(C)cc2C#N)OC(N)=C(C#N)C1c1ccccc1I. The molecule has 1 atom stereocenters. The zero-order valence-corrected chi connectivity index (χ0v) is 22.0. The van der Waals surface area contributed by atoms with E-state index in [-0.39, 0.29) is 35.1 Å². The smallest absolute Gasteiger partial charge is 0.338 e. The van der Waals surface area contributed by atoms with Crippen LogP contribution < -0.4 is 5.73 Å². The molecule has 1 aromatic heterocycles. The number of thioether (sulfide) groups is 1. The number of rotatable bonds is 7. The molecule has 0 saturated heterocycles. The maximum absolute atomic E-state index is 13.1. The number of aromatic nitrogens is 1. The molecule has 0 fully saturated rings. The highest BCUT2D eigenvalue weighted by atomic mass is 127. The van der Waals surface area contributed by atoms with Crippen LogP contribution in [0.3, 0.4) is 0 Å². The first-order valence-electron chi connectivity index (χ1n) is 10.6. The fraction of sp³-hybridized carbons (Fsp3) is 0.280. The number of nitrogens with zero attached hydrogens (tertiary/aromatic N) is 3. The molecular formula is C25H23IN4O3S. The highest BCUT2D eigenvalue weighted by molar-refractivity contribution is 14.1. The van der Waals surface area contributed by atoms with Crippen LogP contribution in [0.2, 0.25) is 0 Å². The van der Waals surface area contributed by atoms with Crippen LogP contribution in [-0.2, 0) is 20.7 Å². The van der Waals surface area contributed by atoms with Gasteiger partial charge < -0.3 is 15.2 Å². The molecule has 7 nitrogen and oxygen atoms in total. The lowest BCUT2D eigenvalue weighted by atomic mass is 9.83. The second-order valence-electron chi connectivity index (χ2n) is 7.36. The Labute approximate surface area is 216 Å². The van der Waals surface area contributed by atoms with Crippen LogP contribution in [0.4, 0.5) is 0 Å². The van der Waals surface area contributed by atoms with E-state index >= 15 is 0 Å². The molecule has 2 aromatic rings. The molecule has 1 aliphatic heterocycles. The topological polar surface area (TPSA) is 122 Å². The van der Waals surface area contributed by atoms with Crippen LogP contribution in [0.5, 0.6) is 0 Å². The number of ether oxygens (including phenoxy) is 2. The van der Waals surface area contributed by atoms with Gasteiger partial charge in [-0.15, -0.1) is 0 Å². The summed E-state index contributed by atoms with van der Waals surface area (Å²) in [7, 11) is 0. The molecule has 1 unspecified atom stereocenters. The lowest BCUT2D eigenvalue weighted by molar-refractivity contribution is -0.139. The number of esters is 1. The van der Waals surface area contributed by atoms with E-state index in [0.29, 0.717) is 10.6 Å². The van der Waals surface area contributed by atoms with E-state index in [1.165, 1.54) is 11.8 Å². The summed E-state index contributed by atoms with van der Waals surface area (Å²) in [6.45, 7) is 5.81. The minimum absolute atomic E-state index is 0.0533. The molecule has 0 saturated carbocycles. The van der Waals surface area contributed by atoms with Gasteiger partial charge in [0.1, 0.15) is 28.5 Å². The number of benzene rings is 1. The van der Waals surface area contributed by atoms with Crippen LogP contribution in [-0.4, -0.2) is 23.3 Å². The number of nitriles is 2. The molecular weight excluding hydrogens is 563 g/mol. The molecule has 0 aliphatic carbocycles. The van der Waals surface area contributed by atoms with Gasteiger partial charge in [0.2, 0.25) is 5.88 Å². The van der Waals surface area contributed by atoms with Gasteiger partial charge in [0, 0.05) is 9.26 Å². The van der Waals surface area contributed by atoms with E-state index in [1.54, 1.807) is 6.92 Å². The molecule has 9 heteroatoms. The van der Waals surface area contributed by atoms with E-state index in [9.17, 15) is 15.3 Å². The zero-order chi connectivity index (χ0) is 24.8. The van der Waals surface area contributed by atoms with Crippen molar-refractivity contribution in [1.29, 1.82) is 10.5 Å². The Morgan fingerprint density at radius 1 is 1.29 bits per heavy atom. The summed E-state index contributed by atoms with van der Waals surface area (Å²) in [5.74, 6) is -0.887. The maximum Gasteiger partial charge on any atom is 0.338 e. The van der Waals surface area contributed by atoms with Crippen LogP contribution in [0.15, 0.2) is 58.1 Å². The second-order valence-corrected chi connectivity index (χ2v) is 9.49. The van der Waals surface area contributed by atoms with E-state index in [2.05, 4.69) is 39.7 Å². The van der Waals surface area contributed by atoms with Gasteiger partial charge in [0.15, 0.2) is 0 Å². The molecule has 0 amide bonds. The van der Waals surface area contributed by atoms with Crippen molar-refractivity contribution in [3.63, 3.8) is 0 Å². The number of aryl methyl sites for hydroxylation is 2. The van der Waals surface area contributed by atoms with Gasteiger partial charge in [-0.1, -0.05) is 36.9 Å². The fourth-order valence-corrected chi connectivity index (χ4v) is 5.31. The average Bonchev–Trinajstić information content (AvgIpc) is 2.82. The Bertz CT molecular complexity index is 1270. The van der Waals surface area contributed by atoms with E-state index in [1.807, 2.05) is 44.2 Å². The van der Waals surface area contributed by atoms with Crippen LogP contribution >= 0.6 is 34.4 Å². The summed E-state index contributed by atoms with van der Waals surface area (Å²) in [5, 5.41) is 20.0. The lowest BCUT2D eigenvalue weighted by Crippen LogP contribution is -2.27. The molecule has 174 valence electrons. The summed E-state index contributed by atoms with van der Waals surface area (Å²) >= 11 is 3.45. The third-order valence-electron chi connectivity index (χ3n) is 5.29. The van der Waals surface area contributed by atoms with Gasteiger partial charge in [-0.25, -0.2) is 9.78 Å². The minimum atomic E-state index is -0.728. The molecule has 1 aliphatic rings. The quantitative estimate of drug-likeness (QED) is 0.278. The number of carbonyl (C=O) groups excluding carboxylic acids is 1. The second kappa shape index (κ2) is 11.4. The van der Waals surface area contributed by atoms with Crippen molar-refractivity contribution in [2.45, 2.75) is 38.1 Å². The first-order valence-corrected chi connectivity index (χ1v) is 12.7. The van der Waals surface area contributed by atoms with Crippen molar-refractivity contribution in [3.8, 4) is 12.1 Å². The normalized spacial score (nSPS) is 15.4. The summed E-state index contributed by atoms with van der Waals surface area (Å²) in [6.07, 6.45) is 0.730. The van der Waals surface area contributed by atoms with Crippen molar-refractivity contribution in [1.82, 2.24) is 4.98 Å². The first kappa shape index (κ1) is 25.6. The Hall–Kier alpha value is -3.02. The van der Waals surface area contributed by atoms with Crippen molar-refractivity contribution < 1.29 is 14.3 Å². The molecule has 0 spiro atoms. The molecule has 0 bridgehead atoms. The highest BCUT2D eigenvalue weighted by Gasteiger charge is 2.38. The van der Waals surface area contributed by atoms with Gasteiger partial charge in [0.25, 0.3) is 0 Å². The Morgan fingerprint density at radius 2 is 2.03 bits per heavy atom. The Morgan fingerprint density at radius 3 is 2.65 bits per heavy atom. The zero-order valence-electron chi connectivity index (χ0n) is 19.0. The van der Waals surface area contributed by atoms with Gasteiger partial charge in [-0.3, -0.25) is 0 Å². The number of pyridine rings is 1. The summed E-state index contributed by atoms with van der Waals surface area (Å²) in [6, 6.07) is 13.6. The third-order valence-corrected chi connectivity index (χ3v) is 7.26. The number of hydrogen-bond donors (Lipinski definition) is 1. The van der Waals surface area contributed by atoms with Gasteiger partial charge >= 0.3 is 5.97 Å². The summed E-state index contributed by atoms with van der Waals surface area (Å²) < 4.78 is 12.0. The van der Waals surface area contributed by atoms with Gasteiger partial charge in [0.05, 0.1) is 29.4 Å². The number of hydrogen-bond acceptors (Lipinski definition) is 8. The molecule has 3 rings (SSSR count). The maximum atomic E-state index is 13.1. The van der Waals surface area contributed by atoms with E-state index in [4.69, 9.17) is 15.2 Å². The highest BCUT2D eigenvalue weighted by Crippen LogP contribution is 2.42. The molecule has 2 N–H and O–H groups in total. The van der Waals surface area contributed by atoms with Gasteiger partial charge in [-0.2, -0.15) is 10.5 Å².